The van der Waals surface area contributed by atoms with Crippen LogP contribution in [0.25, 0.3) is 22.5 Å². The third kappa shape index (κ3) is 9.69. The number of anilines is 6. The van der Waals surface area contributed by atoms with Crippen molar-refractivity contribution < 1.29 is 4.79 Å². The van der Waals surface area contributed by atoms with Crippen molar-refractivity contribution in [2.45, 2.75) is 65.5 Å². The third-order valence-electron chi connectivity index (χ3n) is 10.7. The number of nitrogens with zero attached hydrogens (tertiary/aromatic N) is 11. The number of nitrogen functional groups attached to an aromatic ring is 1. The van der Waals surface area contributed by atoms with Gasteiger partial charge < -0.3 is 20.9 Å². The lowest BCUT2D eigenvalue weighted by atomic mass is 10.1. The highest BCUT2D eigenvalue weighted by atomic mass is 32.1. The van der Waals surface area contributed by atoms with E-state index in [0.29, 0.717) is 23.5 Å². The van der Waals surface area contributed by atoms with Gasteiger partial charge in [-0.3, -0.25) is 30.2 Å². The maximum Gasteiger partial charge on any atom is 0.329 e. The summed E-state index contributed by atoms with van der Waals surface area (Å²) in [5, 5.41) is 6.43. The molecule has 312 valence electrons. The molecule has 4 aliphatic heterocycles. The van der Waals surface area contributed by atoms with Gasteiger partial charge in [0.2, 0.25) is 0 Å². The highest BCUT2D eigenvalue weighted by Crippen LogP contribution is 2.40. The van der Waals surface area contributed by atoms with Crippen LogP contribution in [-0.4, -0.2) is 84.2 Å². The largest absolute Gasteiger partial charge is 0.382 e. The number of fused-ring (bicyclic) bond motifs is 8. The maximum atomic E-state index is 13.2. The molecule has 2 saturated heterocycles. The minimum absolute atomic E-state index is 0. The standard InChI is InChI=1S/C22H23N7O.C15H16N4.C6H9N3.2H2S/c1-3-16-11-25-20(12-24-16)27-22(30)29-17-8-9-28(13-17)19-7-6-18(26-21(19)29)15-5-4-14(2)23-10-15;1-10-2-3-11(8-16-10)13-4-5-14-15(18-13)17-12-6-7-19(14)9-12;1-2-5-3-9-6(7)4-8-5;;/h4-7,10-12,17H,3,8-9,13H2,1-2H3,(H,25,27,30);2-5,8,12H,6-7,9H2,1H3,(H,17,18);3-4H,2H2,1H3,(H2,7,9);2*1H2/t17-;12-;;;/m00.../s1. The number of aromatic nitrogens is 8. The summed E-state index contributed by atoms with van der Waals surface area (Å²) in [6.07, 6.45) is 14.1. The van der Waals surface area contributed by atoms with Crippen molar-refractivity contribution in [3.63, 3.8) is 0 Å². The van der Waals surface area contributed by atoms with Crippen LogP contribution in [0, 0.1) is 13.8 Å². The molecule has 4 N–H and O–H groups in total. The Balaban J connectivity index is 0.000000171. The Morgan fingerprint density at radius 1 is 0.700 bits per heavy atom. The summed E-state index contributed by atoms with van der Waals surface area (Å²) in [5.41, 5.74) is 15.2. The molecule has 0 unspecified atom stereocenters. The molecule has 0 aromatic carbocycles. The Hall–Kier alpha value is -6.07. The zero-order chi connectivity index (χ0) is 40.2. The summed E-state index contributed by atoms with van der Waals surface area (Å²) in [4.78, 5) is 54.6. The van der Waals surface area contributed by atoms with Crippen molar-refractivity contribution in [1.82, 2.24) is 39.9 Å². The van der Waals surface area contributed by atoms with Gasteiger partial charge in [0.05, 0.1) is 65.0 Å². The van der Waals surface area contributed by atoms with E-state index < -0.39 is 0 Å². The Labute approximate surface area is 364 Å². The van der Waals surface area contributed by atoms with Gasteiger partial charge in [-0.1, -0.05) is 13.8 Å². The minimum atomic E-state index is -0.229. The fourth-order valence-corrected chi connectivity index (χ4v) is 7.45. The normalized spacial score (nSPS) is 16.3. The molecule has 2 fully saturated rings. The second kappa shape index (κ2) is 19.3. The van der Waals surface area contributed by atoms with Crippen LogP contribution in [0.4, 0.5) is 39.4 Å². The first-order chi connectivity index (χ1) is 28.2. The van der Waals surface area contributed by atoms with E-state index in [0.717, 1.165) is 102 Å². The van der Waals surface area contributed by atoms with Crippen molar-refractivity contribution in [1.29, 1.82) is 0 Å². The lowest BCUT2D eigenvalue weighted by Gasteiger charge is -2.35. The first-order valence-electron chi connectivity index (χ1n) is 19.9. The van der Waals surface area contributed by atoms with E-state index in [1.165, 1.54) is 12.1 Å². The van der Waals surface area contributed by atoms with Crippen LogP contribution < -0.4 is 31.1 Å². The second-order valence-corrected chi connectivity index (χ2v) is 14.8. The molecule has 4 bridgehead atoms. The summed E-state index contributed by atoms with van der Waals surface area (Å²) >= 11 is 0. The third-order valence-corrected chi connectivity index (χ3v) is 10.7. The molecule has 2 amide bonds. The zero-order valence-electron chi connectivity index (χ0n) is 34.3. The molecule has 60 heavy (non-hydrogen) atoms. The molecule has 0 spiro atoms. The highest BCUT2D eigenvalue weighted by Gasteiger charge is 2.40. The molecule has 17 heteroatoms. The Morgan fingerprint density at radius 2 is 1.32 bits per heavy atom. The number of nitrogens with one attached hydrogen (secondary N) is 2. The predicted octanol–water partition coefficient (Wildman–Crippen LogP) is 6.74. The van der Waals surface area contributed by atoms with Crippen molar-refractivity contribution in [3.05, 3.63) is 108 Å². The molecule has 10 rings (SSSR count). The summed E-state index contributed by atoms with van der Waals surface area (Å²) in [5.74, 6) is 2.62. The Kier molecular flexibility index (Phi) is 14.0. The summed E-state index contributed by atoms with van der Waals surface area (Å²) in [7, 11) is 0. The van der Waals surface area contributed by atoms with Gasteiger partial charge in [-0.25, -0.2) is 24.7 Å². The van der Waals surface area contributed by atoms with E-state index in [2.05, 4.69) is 74.6 Å². The average molecular weight is 845 g/mol. The summed E-state index contributed by atoms with van der Waals surface area (Å²) in [6, 6.07) is 16.8. The smallest absolute Gasteiger partial charge is 0.329 e. The predicted molar refractivity (Wildman–Crippen MR) is 249 cm³/mol. The van der Waals surface area contributed by atoms with Gasteiger partial charge in [0.25, 0.3) is 0 Å². The number of pyridine rings is 4. The fourth-order valence-electron chi connectivity index (χ4n) is 7.45. The molecule has 6 aromatic rings. The van der Waals surface area contributed by atoms with Gasteiger partial charge in [0.15, 0.2) is 17.5 Å². The monoisotopic (exact) mass is 844 g/mol. The van der Waals surface area contributed by atoms with Gasteiger partial charge in [-0.15, -0.1) is 0 Å². The van der Waals surface area contributed by atoms with E-state index >= 15 is 0 Å². The molecule has 10 heterocycles. The summed E-state index contributed by atoms with van der Waals surface area (Å²) < 4.78 is 0. The van der Waals surface area contributed by atoms with E-state index in [1.807, 2.05) is 64.4 Å². The van der Waals surface area contributed by atoms with E-state index in [-0.39, 0.29) is 39.1 Å². The number of urea groups is 1. The van der Waals surface area contributed by atoms with E-state index in [1.54, 1.807) is 29.7 Å². The number of amides is 2. The van der Waals surface area contributed by atoms with Crippen LogP contribution in [-0.2, 0) is 12.8 Å². The molecular formula is C43H52N14OS2. The number of rotatable bonds is 5. The molecule has 4 aliphatic rings. The summed E-state index contributed by atoms with van der Waals surface area (Å²) in [6.45, 7) is 12.0. The molecule has 15 nitrogen and oxygen atoms in total. The van der Waals surface area contributed by atoms with Gasteiger partial charge in [-0.2, -0.15) is 27.0 Å². The van der Waals surface area contributed by atoms with Gasteiger partial charge in [0.1, 0.15) is 5.82 Å². The minimum Gasteiger partial charge on any atom is -0.382 e. The highest BCUT2D eigenvalue weighted by molar-refractivity contribution is 7.59. The SMILES string of the molecule is CCc1cnc(N)cn1.CCc1cnc(NC(=O)N2c3nc(-c4ccc(C)nc4)ccc3N3CC[C@H]2C3)cn1.Cc1ccc(-c2ccc3c(n2)N[C@H]2CCN3C2)cn1.S.S. The molecular weight excluding hydrogens is 793 g/mol. The van der Waals surface area contributed by atoms with Gasteiger partial charge in [0, 0.05) is 67.1 Å². The second-order valence-electron chi connectivity index (χ2n) is 14.8. The molecule has 6 aromatic heterocycles. The lowest BCUT2D eigenvalue weighted by Crippen LogP contribution is -2.48. The van der Waals surface area contributed by atoms with E-state index in [9.17, 15) is 4.79 Å². The Morgan fingerprint density at radius 3 is 1.92 bits per heavy atom. The van der Waals surface area contributed by atoms with Crippen LogP contribution in [0.1, 0.15) is 49.5 Å². The lowest BCUT2D eigenvalue weighted by molar-refractivity contribution is 0.254. The Bertz CT molecular complexity index is 2370. The average Bonchev–Trinajstić information content (AvgIpc) is 3.86. The van der Waals surface area contributed by atoms with Crippen LogP contribution in [0.5, 0.6) is 0 Å². The topological polar surface area (TPSA) is 180 Å². The maximum absolute atomic E-state index is 13.2. The van der Waals surface area contributed by atoms with Crippen molar-refractivity contribution in [2.24, 2.45) is 0 Å². The number of aryl methyl sites for hydroxylation is 4. The first kappa shape index (κ1) is 43.5. The number of nitrogens with two attached hydrogens (primary N) is 1. The first-order valence-corrected chi connectivity index (χ1v) is 19.9. The number of hydrogen-bond acceptors (Lipinski definition) is 13. The number of carbonyl (C=O) groups excluding carboxylic acids is 1. The van der Waals surface area contributed by atoms with Crippen LogP contribution in [0.2, 0.25) is 0 Å². The quantitative estimate of drug-likeness (QED) is 0.166. The van der Waals surface area contributed by atoms with Gasteiger partial charge in [-0.05, 0) is 88.1 Å². The molecule has 2 atom stereocenters. The van der Waals surface area contributed by atoms with Crippen molar-refractivity contribution in [3.8, 4) is 22.5 Å². The van der Waals surface area contributed by atoms with Crippen LogP contribution >= 0.6 is 27.0 Å². The number of carbonyl (C=O) groups is 1. The molecule has 0 radical (unpaired) electrons. The van der Waals surface area contributed by atoms with Gasteiger partial charge >= 0.3 is 6.03 Å². The zero-order valence-corrected chi connectivity index (χ0v) is 36.3. The molecule has 0 aliphatic carbocycles. The fraction of sp³-hybridized carbons (Fsp3) is 0.326. The number of hydrogen-bond donors (Lipinski definition) is 3. The van der Waals surface area contributed by atoms with Crippen LogP contribution in [0.3, 0.4) is 0 Å². The van der Waals surface area contributed by atoms with Crippen molar-refractivity contribution in [2.75, 3.05) is 57.2 Å². The van der Waals surface area contributed by atoms with Crippen molar-refractivity contribution >= 4 is 67.7 Å². The van der Waals surface area contributed by atoms with E-state index in [4.69, 9.17) is 15.7 Å². The molecule has 0 saturated carbocycles. The van der Waals surface area contributed by atoms with Crippen LogP contribution in [0.15, 0.2) is 85.7 Å².